The number of carbonyl (C=O) groups is 1. The molecular weight excluding hydrogens is 374 g/mol. The average molecular weight is 418 g/mol. The number of amides is 1. The molecule has 30 heavy (non-hydrogen) atoms. The van der Waals surface area contributed by atoms with Crippen LogP contribution in [0, 0.1) is 5.41 Å². The van der Waals surface area contributed by atoms with E-state index in [-0.39, 0.29) is 11.5 Å². The third kappa shape index (κ3) is 7.92. The zero-order chi connectivity index (χ0) is 22.1. The highest BCUT2D eigenvalue weighted by Gasteiger charge is 2.31. The molecule has 1 aromatic rings. The van der Waals surface area contributed by atoms with Gasteiger partial charge in [0.1, 0.15) is 5.60 Å². The van der Waals surface area contributed by atoms with E-state index in [0.29, 0.717) is 12.0 Å². The van der Waals surface area contributed by atoms with Crippen LogP contribution in [0.3, 0.4) is 0 Å². The van der Waals surface area contributed by atoms with Gasteiger partial charge in [0.25, 0.3) is 0 Å². The van der Waals surface area contributed by atoms with Gasteiger partial charge in [-0.25, -0.2) is 4.79 Å². The lowest BCUT2D eigenvalue weighted by Crippen LogP contribution is -2.44. The minimum absolute atomic E-state index is 0.210. The molecule has 5 nitrogen and oxygen atoms in total. The van der Waals surface area contributed by atoms with Crippen LogP contribution in [-0.4, -0.2) is 44.4 Å². The molecule has 3 N–H and O–H groups in total. The van der Waals surface area contributed by atoms with E-state index in [4.69, 9.17) is 4.74 Å². The van der Waals surface area contributed by atoms with E-state index in [1.54, 1.807) is 0 Å². The van der Waals surface area contributed by atoms with Crippen molar-refractivity contribution in [3.63, 3.8) is 0 Å². The molecule has 0 saturated carbocycles. The largest absolute Gasteiger partial charge is 0.444 e. The fraction of sp³-hybridized carbons (Fsp3) is 0.720. The van der Waals surface area contributed by atoms with E-state index in [2.05, 4.69) is 60.1 Å². The quantitative estimate of drug-likeness (QED) is 0.669. The van der Waals surface area contributed by atoms with Gasteiger partial charge in [-0.2, -0.15) is 0 Å². The Morgan fingerprint density at radius 1 is 1.00 bits per heavy atom. The van der Waals surface area contributed by atoms with Crippen molar-refractivity contribution in [2.24, 2.45) is 5.41 Å². The SMILES string of the molecule is CC1(CNC(=O)OC(C)(C)C)CCNCC1.CCC1(c2ccccc2)CCNCC1. The van der Waals surface area contributed by atoms with Crippen molar-refractivity contribution in [2.75, 3.05) is 32.7 Å². The monoisotopic (exact) mass is 417 g/mol. The molecule has 2 fully saturated rings. The number of benzene rings is 1. The van der Waals surface area contributed by atoms with Crippen LogP contribution in [0.2, 0.25) is 0 Å². The molecule has 0 radical (unpaired) electrons. The molecule has 1 aromatic carbocycles. The Labute approximate surface area is 183 Å². The topological polar surface area (TPSA) is 62.4 Å². The van der Waals surface area contributed by atoms with Gasteiger partial charge >= 0.3 is 6.09 Å². The van der Waals surface area contributed by atoms with Crippen LogP contribution in [0.25, 0.3) is 0 Å². The number of piperidine rings is 2. The predicted octanol–water partition coefficient (Wildman–Crippen LogP) is 4.62. The Morgan fingerprint density at radius 3 is 2.03 bits per heavy atom. The van der Waals surface area contributed by atoms with Crippen LogP contribution in [0.4, 0.5) is 4.79 Å². The highest BCUT2D eigenvalue weighted by atomic mass is 16.6. The first-order chi connectivity index (χ1) is 14.2. The number of alkyl carbamates (subject to hydrolysis) is 1. The first kappa shape index (κ1) is 24.7. The molecule has 0 aromatic heterocycles. The number of rotatable bonds is 4. The normalized spacial score (nSPS) is 20.4. The maximum absolute atomic E-state index is 11.5. The smallest absolute Gasteiger partial charge is 0.407 e. The van der Waals surface area contributed by atoms with Crippen molar-refractivity contribution in [1.29, 1.82) is 0 Å². The van der Waals surface area contributed by atoms with Crippen molar-refractivity contribution in [3.05, 3.63) is 35.9 Å². The fourth-order valence-electron chi connectivity index (χ4n) is 4.35. The molecule has 2 aliphatic rings. The Hall–Kier alpha value is -1.59. The first-order valence-corrected chi connectivity index (χ1v) is 11.6. The third-order valence-electron chi connectivity index (χ3n) is 6.49. The van der Waals surface area contributed by atoms with Gasteiger partial charge in [-0.3, -0.25) is 0 Å². The summed E-state index contributed by atoms with van der Waals surface area (Å²) in [6, 6.07) is 11.0. The molecular formula is C25H43N3O2. The van der Waals surface area contributed by atoms with Gasteiger partial charge in [0.05, 0.1) is 0 Å². The Kier molecular flexibility index (Phi) is 9.17. The molecule has 170 valence electrons. The molecule has 0 bridgehead atoms. The summed E-state index contributed by atoms with van der Waals surface area (Å²) >= 11 is 0. The first-order valence-electron chi connectivity index (χ1n) is 11.6. The van der Waals surface area contributed by atoms with Gasteiger partial charge in [-0.15, -0.1) is 0 Å². The summed E-state index contributed by atoms with van der Waals surface area (Å²) in [6.45, 7) is 15.3. The minimum atomic E-state index is -0.418. The van der Waals surface area contributed by atoms with Gasteiger partial charge in [0.15, 0.2) is 0 Å². The van der Waals surface area contributed by atoms with E-state index >= 15 is 0 Å². The standard InChI is InChI=1S/C13H19N.C12H24N2O2/c1-2-13(8-10-14-11-9-13)12-6-4-3-5-7-12;1-11(2,3)16-10(15)14-9-12(4)5-7-13-8-6-12/h3-7,14H,2,8-11H2,1H3;13H,5-9H2,1-4H3,(H,14,15). The number of hydrogen-bond donors (Lipinski definition) is 3. The van der Waals surface area contributed by atoms with Gasteiger partial charge in [0.2, 0.25) is 0 Å². The second-order valence-electron chi connectivity index (χ2n) is 10.2. The van der Waals surface area contributed by atoms with E-state index in [1.165, 1.54) is 37.9 Å². The van der Waals surface area contributed by atoms with Gasteiger partial charge in [0, 0.05) is 6.54 Å². The second kappa shape index (κ2) is 11.1. The molecule has 2 heterocycles. The number of ether oxygens (including phenoxy) is 1. The summed E-state index contributed by atoms with van der Waals surface area (Å²) < 4.78 is 5.21. The molecule has 1 amide bonds. The highest BCUT2D eigenvalue weighted by molar-refractivity contribution is 5.67. The molecule has 0 spiro atoms. The van der Waals surface area contributed by atoms with Crippen molar-refractivity contribution in [3.8, 4) is 0 Å². The van der Waals surface area contributed by atoms with Crippen LogP contribution >= 0.6 is 0 Å². The van der Waals surface area contributed by atoms with Crippen molar-refractivity contribution < 1.29 is 9.53 Å². The number of carbonyl (C=O) groups excluding carboxylic acids is 1. The Bertz CT molecular complexity index is 628. The molecule has 0 atom stereocenters. The minimum Gasteiger partial charge on any atom is -0.444 e. The van der Waals surface area contributed by atoms with Crippen molar-refractivity contribution in [2.45, 2.75) is 77.7 Å². The number of hydrogen-bond acceptors (Lipinski definition) is 4. The molecule has 2 aliphatic heterocycles. The van der Waals surface area contributed by atoms with Gasteiger partial charge in [-0.1, -0.05) is 44.2 Å². The lowest BCUT2D eigenvalue weighted by Gasteiger charge is -2.37. The van der Waals surface area contributed by atoms with E-state index in [1.807, 2.05) is 20.8 Å². The average Bonchev–Trinajstić information content (AvgIpc) is 2.73. The molecule has 0 unspecified atom stereocenters. The van der Waals surface area contributed by atoms with Gasteiger partial charge < -0.3 is 20.7 Å². The summed E-state index contributed by atoms with van der Waals surface area (Å²) in [4.78, 5) is 11.5. The lowest BCUT2D eigenvalue weighted by atomic mass is 9.71. The molecule has 0 aliphatic carbocycles. The fourth-order valence-corrected chi connectivity index (χ4v) is 4.35. The van der Waals surface area contributed by atoms with Crippen LogP contribution in [-0.2, 0) is 10.2 Å². The van der Waals surface area contributed by atoms with Crippen LogP contribution in [0.15, 0.2) is 30.3 Å². The summed E-state index contributed by atoms with van der Waals surface area (Å²) in [5.41, 5.74) is 1.78. The van der Waals surface area contributed by atoms with E-state index < -0.39 is 5.60 Å². The Balaban J connectivity index is 0.000000215. The predicted molar refractivity (Wildman–Crippen MR) is 125 cm³/mol. The third-order valence-corrected chi connectivity index (χ3v) is 6.49. The maximum atomic E-state index is 11.5. The molecule has 3 rings (SSSR count). The van der Waals surface area contributed by atoms with Gasteiger partial charge in [-0.05, 0) is 95.4 Å². The summed E-state index contributed by atoms with van der Waals surface area (Å²) in [6.07, 6.45) is 5.72. The van der Waals surface area contributed by atoms with E-state index in [9.17, 15) is 4.79 Å². The van der Waals surface area contributed by atoms with Crippen LogP contribution in [0.1, 0.15) is 72.3 Å². The highest BCUT2D eigenvalue weighted by Crippen LogP contribution is 2.36. The number of nitrogens with one attached hydrogen (secondary N) is 3. The van der Waals surface area contributed by atoms with Crippen molar-refractivity contribution >= 4 is 6.09 Å². The maximum Gasteiger partial charge on any atom is 0.407 e. The molecule has 5 heteroatoms. The van der Waals surface area contributed by atoms with E-state index in [0.717, 1.165) is 25.9 Å². The lowest BCUT2D eigenvalue weighted by molar-refractivity contribution is 0.0493. The summed E-state index contributed by atoms with van der Waals surface area (Å²) in [5.74, 6) is 0. The van der Waals surface area contributed by atoms with Crippen LogP contribution < -0.4 is 16.0 Å². The molecule has 2 saturated heterocycles. The van der Waals surface area contributed by atoms with Crippen molar-refractivity contribution in [1.82, 2.24) is 16.0 Å². The zero-order valence-electron chi connectivity index (χ0n) is 19.8. The second-order valence-corrected chi connectivity index (χ2v) is 10.2. The Morgan fingerprint density at radius 2 is 1.53 bits per heavy atom. The van der Waals surface area contributed by atoms with Crippen LogP contribution in [0.5, 0.6) is 0 Å². The summed E-state index contributed by atoms with van der Waals surface area (Å²) in [5, 5.41) is 9.63. The zero-order valence-corrected chi connectivity index (χ0v) is 19.8. The summed E-state index contributed by atoms with van der Waals surface area (Å²) in [7, 11) is 0.